The zero-order valence-electron chi connectivity index (χ0n) is 32.2. The Morgan fingerprint density at radius 1 is 0.655 bits per heavy atom. The third-order valence-electron chi connectivity index (χ3n) is 10.6. The minimum Gasteiger partial charge on any atom is -0.465 e. The predicted octanol–water partition coefficient (Wildman–Crippen LogP) is 14.1. The van der Waals surface area contributed by atoms with Gasteiger partial charge in [0.1, 0.15) is 37.1 Å². The number of aromatic nitrogens is 2. The Bertz CT molecular complexity index is 2440. The van der Waals surface area contributed by atoms with Gasteiger partial charge in [0, 0.05) is 21.5 Å². The minimum atomic E-state index is -4.40. The van der Waals surface area contributed by atoms with Crippen LogP contribution in [0.4, 0.5) is 26.3 Å². The minimum absolute atomic E-state index is 0.166. The molecule has 1 fully saturated rings. The number of allylic oxidation sites excluding steroid dienone is 4. The highest BCUT2D eigenvalue weighted by molar-refractivity contribution is 9.10. The highest BCUT2D eigenvalue weighted by Gasteiger charge is 2.53. The molecule has 0 N–H and O–H groups in total. The molecule has 16 heteroatoms. The zero-order valence-corrected chi connectivity index (χ0v) is 35.4. The molecule has 0 radical (unpaired) electrons. The molecule has 9 rings (SSSR count). The Morgan fingerprint density at radius 3 is 1.67 bits per heavy atom. The van der Waals surface area contributed by atoms with Gasteiger partial charge in [-0.25, -0.2) is 9.97 Å². The summed E-state index contributed by atoms with van der Waals surface area (Å²) in [6.45, 7) is 7.60. The van der Waals surface area contributed by atoms with E-state index >= 15 is 0 Å². The van der Waals surface area contributed by atoms with Gasteiger partial charge < -0.3 is 18.1 Å². The average Bonchev–Trinajstić information content (AvgIpc) is 4.02. The van der Waals surface area contributed by atoms with E-state index in [0.717, 1.165) is 46.7 Å². The van der Waals surface area contributed by atoms with Gasteiger partial charge >= 0.3 is 19.5 Å². The Kier molecular flexibility index (Phi) is 12.3. The number of benzene rings is 2. The van der Waals surface area contributed by atoms with Crippen LogP contribution >= 0.6 is 38.6 Å². The number of fused-ring (bicyclic) bond motifs is 2. The van der Waals surface area contributed by atoms with E-state index in [1.165, 1.54) is 66.8 Å². The molecule has 2 aromatic carbocycles. The largest absolute Gasteiger partial charge is 0.532 e. The van der Waals surface area contributed by atoms with Crippen molar-refractivity contribution < 1.29 is 44.5 Å². The lowest BCUT2D eigenvalue weighted by Gasteiger charge is -2.32. The number of nitrogens with zero attached hydrogens (tertiary/aromatic N) is 2. The number of furan rings is 2. The third kappa shape index (κ3) is 9.67. The normalized spacial score (nSPS) is 18.0. The van der Waals surface area contributed by atoms with Crippen molar-refractivity contribution in [3.63, 3.8) is 0 Å². The summed E-state index contributed by atoms with van der Waals surface area (Å²) in [7, 11) is -0.730. The van der Waals surface area contributed by atoms with Gasteiger partial charge in [-0.2, -0.15) is 26.3 Å². The van der Waals surface area contributed by atoms with Crippen LogP contribution in [0.15, 0.2) is 84.9 Å². The highest BCUT2D eigenvalue weighted by atomic mass is 79.9. The van der Waals surface area contributed by atoms with Crippen molar-refractivity contribution in [2.45, 2.75) is 103 Å². The molecule has 0 bridgehead atoms. The second kappa shape index (κ2) is 16.8. The van der Waals surface area contributed by atoms with Gasteiger partial charge in [0.15, 0.2) is 5.76 Å². The fourth-order valence-corrected chi connectivity index (χ4v) is 8.84. The molecule has 4 aromatic heterocycles. The first-order chi connectivity index (χ1) is 27.4. The number of halogens is 7. The standard InChI is InChI=1S/C18H14F3NOS.C15H16BF3O3.C9H10BrNS/c19-18(20,21)13-7-6-12-8-16(23-15(12)9-13)14-10-24-17(22-14)11-4-2-1-3-5-11;1-13(2)14(3,4)22-16(21-13)12-7-9-5-6-10(15(17,18)19)8-11(9)20-12;10-8-6-12-9(11-8)7-4-2-1-3-5-7/h4,6-10H,1-3,5H2;5-8H,1-4H3;4,6H,1-3,5H2. The number of thiazole rings is 2. The molecule has 1 aliphatic heterocycles. The van der Waals surface area contributed by atoms with Gasteiger partial charge in [-0.15, -0.1) is 22.7 Å². The van der Waals surface area contributed by atoms with E-state index in [1.54, 1.807) is 34.8 Å². The molecular formula is C42H40BBrF6N2O4S2. The summed E-state index contributed by atoms with van der Waals surface area (Å²) < 4.78 is 100. The lowest BCUT2D eigenvalue weighted by molar-refractivity contribution is -0.138. The van der Waals surface area contributed by atoms with Gasteiger partial charge in [-0.05, 0) is 143 Å². The van der Waals surface area contributed by atoms with Crippen molar-refractivity contribution in [2.75, 3.05) is 0 Å². The highest BCUT2D eigenvalue weighted by Crippen LogP contribution is 2.39. The molecule has 0 spiro atoms. The maximum absolute atomic E-state index is 12.8. The molecular weight excluding hydrogens is 865 g/mol. The Balaban J connectivity index is 0.000000139. The quantitative estimate of drug-likeness (QED) is 0.130. The Morgan fingerprint density at radius 2 is 1.17 bits per heavy atom. The van der Waals surface area contributed by atoms with E-state index < -0.39 is 41.8 Å². The molecule has 0 amide bonds. The second-order valence-corrected chi connectivity index (χ2v) is 17.8. The van der Waals surface area contributed by atoms with Crippen LogP contribution < -0.4 is 5.66 Å². The maximum atomic E-state index is 12.8. The van der Waals surface area contributed by atoms with E-state index in [2.05, 4.69) is 38.0 Å². The first kappa shape index (κ1) is 42.4. The third-order valence-corrected chi connectivity index (χ3v) is 13.1. The fourth-order valence-electron chi connectivity index (χ4n) is 6.64. The molecule has 6 nitrogen and oxygen atoms in total. The topological polar surface area (TPSA) is 70.5 Å². The van der Waals surface area contributed by atoms with E-state index in [-0.39, 0.29) is 11.2 Å². The van der Waals surface area contributed by atoms with Crippen molar-refractivity contribution >= 4 is 84.5 Å². The number of rotatable bonds is 4. The molecule has 0 atom stereocenters. The van der Waals surface area contributed by atoms with E-state index in [0.29, 0.717) is 27.9 Å². The molecule has 0 saturated carbocycles. The monoisotopic (exact) mass is 904 g/mol. The van der Waals surface area contributed by atoms with Gasteiger partial charge in [0.05, 0.1) is 22.3 Å². The van der Waals surface area contributed by atoms with Crippen molar-refractivity contribution in [2.24, 2.45) is 0 Å². The van der Waals surface area contributed by atoms with Crippen LogP contribution in [0, 0.1) is 0 Å². The zero-order chi connectivity index (χ0) is 41.5. The van der Waals surface area contributed by atoms with Crippen LogP contribution in [0.1, 0.15) is 100 Å². The summed E-state index contributed by atoms with van der Waals surface area (Å²) in [4.78, 5) is 9.01. The van der Waals surface area contributed by atoms with Crippen LogP contribution in [-0.4, -0.2) is 28.3 Å². The summed E-state index contributed by atoms with van der Waals surface area (Å²) in [6, 6.07) is 10.3. The first-order valence-electron chi connectivity index (χ1n) is 18.9. The van der Waals surface area contributed by atoms with Crippen LogP contribution in [-0.2, 0) is 21.7 Å². The van der Waals surface area contributed by atoms with Crippen molar-refractivity contribution in [1.29, 1.82) is 0 Å². The SMILES string of the molecule is Brc1csc(C2=CCCCC2)n1.CC1(C)OB(c2cc3ccc(C(F)(F)F)cc3o2)OC1(C)C.FC(F)(F)c1ccc2cc(-c3csc(C4=CCCCC4)n3)oc2c1. The van der Waals surface area contributed by atoms with Crippen LogP contribution in [0.25, 0.3) is 44.5 Å². The van der Waals surface area contributed by atoms with Gasteiger partial charge in [-0.1, -0.05) is 24.3 Å². The summed E-state index contributed by atoms with van der Waals surface area (Å²) in [5, 5.41) is 7.34. The smallest absolute Gasteiger partial charge is 0.465 e. The second-order valence-electron chi connectivity index (χ2n) is 15.3. The van der Waals surface area contributed by atoms with E-state index in [9.17, 15) is 26.3 Å². The Labute approximate surface area is 348 Å². The Hall–Kier alpha value is -3.70. The number of hydrogen-bond donors (Lipinski definition) is 0. The maximum Gasteiger partial charge on any atom is 0.532 e. The number of hydrogen-bond acceptors (Lipinski definition) is 8. The molecule has 1 saturated heterocycles. The lowest BCUT2D eigenvalue weighted by atomic mass is 9.86. The summed E-state index contributed by atoms with van der Waals surface area (Å²) in [5.74, 6) is 0.503. The van der Waals surface area contributed by atoms with Gasteiger partial charge in [0.25, 0.3) is 0 Å². The van der Waals surface area contributed by atoms with Crippen LogP contribution in [0.2, 0.25) is 0 Å². The molecule has 2 aliphatic carbocycles. The van der Waals surface area contributed by atoms with Gasteiger partial charge in [-0.3, -0.25) is 0 Å². The van der Waals surface area contributed by atoms with Crippen molar-refractivity contribution in [1.82, 2.24) is 9.97 Å². The van der Waals surface area contributed by atoms with Gasteiger partial charge in [0.2, 0.25) is 0 Å². The van der Waals surface area contributed by atoms with Crippen molar-refractivity contribution in [3.05, 3.63) is 97.2 Å². The van der Waals surface area contributed by atoms with Crippen molar-refractivity contribution in [3.8, 4) is 11.5 Å². The van der Waals surface area contributed by atoms with Crippen LogP contribution in [0.5, 0.6) is 0 Å². The lowest BCUT2D eigenvalue weighted by Crippen LogP contribution is -2.41. The van der Waals surface area contributed by atoms with E-state index in [4.69, 9.17) is 18.1 Å². The first-order valence-corrected chi connectivity index (χ1v) is 21.4. The molecule has 6 aromatic rings. The number of alkyl halides is 6. The molecule has 3 aliphatic rings. The van der Waals surface area contributed by atoms with Crippen LogP contribution in [0.3, 0.4) is 0 Å². The molecule has 0 unspecified atom stereocenters. The predicted molar refractivity (Wildman–Crippen MR) is 222 cm³/mol. The average molecular weight is 906 g/mol. The molecule has 58 heavy (non-hydrogen) atoms. The summed E-state index contributed by atoms with van der Waals surface area (Å²) in [5.41, 5.74) is 1.62. The summed E-state index contributed by atoms with van der Waals surface area (Å²) in [6.07, 6.45) is 5.38. The molecule has 5 heterocycles. The van der Waals surface area contributed by atoms with E-state index in [1.807, 2.05) is 38.5 Å². The molecule has 306 valence electrons. The fraction of sp³-hybridized carbons (Fsp3) is 0.381. The summed E-state index contributed by atoms with van der Waals surface area (Å²) >= 11 is 6.65.